The second-order valence-electron chi connectivity index (χ2n) is 9.19. The third-order valence-electron chi connectivity index (χ3n) is 6.08. The van der Waals surface area contributed by atoms with E-state index in [9.17, 15) is 13.2 Å². The highest BCUT2D eigenvalue weighted by Gasteiger charge is 2.36. The van der Waals surface area contributed by atoms with Crippen LogP contribution < -0.4 is 15.5 Å². The van der Waals surface area contributed by atoms with Gasteiger partial charge in [0.05, 0.1) is 42.2 Å². The maximum atomic E-state index is 12.6. The number of carbonyl (C=O) groups excluding carboxylic acids is 1. The molecule has 4 rings (SSSR count). The molecule has 0 aliphatic carbocycles. The number of aromatic nitrogens is 5. The average Bonchev–Trinajstić information content (AvgIpc) is 3.46. The Morgan fingerprint density at radius 3 is 2.75 bits per heavy atom. The molecule has 0 saturated carbocycles. The summed E-state index contributed by atoms with van der Waals surface area (Å²) in [6.07, 6.45) is 6.26. The van der Waals surface area contributed by atoms with Gasteiger partial charge < -0.3 is 15.0 Å². The highest BCUT2D eigenvalue weighted by molar-refractivity contribution is 7.91. The first-order valence-corrected chi connectivity index (χ1v) is 14.1. The number of ether oxygens (including phenoxy) is 1. The van der Waals surface area contributed by atoms with Crippen molar-refractivity contribution in [1.29, 1.82) is 0 Å². The van der Waals surface area contributed by atoms with Crippen molar-refractivity contribution >= 4 is 38.2 Å². The van der Waals surface area contributed by atoms with Crippen LogP contribution in [-0.2, 0) is 32.9 Å². The predicted octanol–water partition coefficient (Wildman–Crippen LogP) is 2.16. The van der Waals surface area contributed by atoms with E-state index in [1.807, 2.05) is 13.1 Å². The van der Waals surface area contributed by atoms with E-state index in [-0.39, 0.29) is 6.04 Å². The molecule has 0 radical (unpaired) electrons. The first kappa shape index (κ1) is 26.0. The Kier molecular flexibility index (Phi) is 7.29. The number of rotatable bonds is 7. The number of anilines is 2. The van der Waals surface area contributed by atoms with Gasteiger partial charge in [-0.25, -0.2) is 28.2 Å². The van der Waals surface area contributed by atoms with Crippen molar-refractivity contribution < 1.29 is 17.9 Å². The highest BCUT2D eigenvalue weighted by atomic mass is 32.2. The Bertz CT molecular complexity index is 1350. The Labute approximate surface area is 214 Å². The molecule has 36 heavy (non-hydrogen) atoms. The van der Waals surface area contributed by atoms with Crippen LogP contribution in [0, 0.1) is 0 Å². The van der Waals surface area contributed by atoms with Crippen molar-refractivity contribution in [3.63, 3.8) is 0 Å². The lowest BCUT2D eigenvalue weighted by atomic mass is 10.1. The number of carbonyl (C=O) groups is 1. The second kappa shape index (κ2) is 10.1. The largest absolute Gasteiger partial charge is 0.377 e. The average molecular weight is 535 g/mol. The van der Waals surface area contributed by atoms with Gasteiger partial charge in [0.1, 0.15) is 10.6 Å². The van der Waals surface area contributed by atoms with Crippen molar-refractivity contribution in [2.45, 2.75) is 38.1 Å². The van der Waals surface area contributed by atoms with Crippen LogP contribution in [0.15, 0.2) is 24.7 Å². The van der Waals surface area contributed by atoms with Crippen LogP contribution in [-0.4, -0.2) is 71.2 Å². The maximum absolute atomic E-state index is 12.6. The zero-order valence-corrected chi connectivity index (χ0v) is 22.5. The Hall–Kier alpha value is -3.10. The molecule has 14 heteroatoms. The third kappa shape index (κ3) is 5.65. The summed E-state index contributed by atoms with van der Waals surface area (Å²) in [5.41, 5.74) is 1.26. The summed E-state index contributed by atoms with van der Waals surface area (Å²) in [7, 11) is -1.67. The summed E-state index contributed by atoms with van der Waals surface area (Å²) < 4.78 is 31.1. The third-order valence-corrected chi connectivity index (χ3v) is 9.05. The Morgan fingerprint density at radius 2 is 2.08 bits per heavy atom. The summed E-state index contributed by atoms with van der Waals surface area (Å²) >= 11 is 1.21. The van der Waals surface area contributed by atoms with Crippen molar-refractivity contribution in [3.05, 3.63) is 35.9 Å². The van der Waals surface area contributed by atoms with Gasteiger partial charge in [-0.3, -0.25) is 10.00 Å². The molecule has 4 heterocycles. The van der Waals surface area contributed by atoms with Gasteiger partial charge in [-0.15, -0.1) is 0 Å². The van der Waals surface area contributed by atoms with Crippen molar-refractivity contribution in [3.8, 4) is 10.7 Å². The van der Waals surface area contributed by atoms with Crippen LogP contribution in [0.1, 0.15) is 32.0 Å². The molecule has 1 aliphatic heterocycles. The summed E-state index contributed by atoms with van der Waals surface area (Å²) in [5, 5.41) is 9.91. The smallest absolute Gasteiger partial charge is 0.321 e. The molecule has 3 aromatic rings. The number of nitrogens with zero attached hydrogens (tertiary/aromatic N) is 6. The topological polar surface area (TPSA) is 144 Å². The number of morpholine rings is 1. The fourth-order valence-electron chi connectivity index (χ4n) is 3.58. The van der Waals surface area contributed by atoms with Crippen molar-refractivity contribution in [2.24, 2.45) is 7.05 Å². The first-order chi connectivity index (χ1) is 16.9. The van der Waals surface area contributed by atoms with E-state index < -0.39 is 20.6 Å². The van der Waals surface area contributed by atoms with E-state index in [0.29, 0.717) is 53.6 Å². The highest BCUT2D eigenvalue weighted by Crippen LogP contribution is 2.34. The molecule has 1 saturated heterocycles. The lowest BCUT2D eigenvalue weighted by molar-refractivity contribution is 0.0985. The monoisotopic (exact) mass is 534 g/mol. The standard InChI is InChI=1S/C22H30N8O4S2/c1-14-13-34-7-6-30(14)18-8-17(22(2,3)36(5,32)33)26-19(27-18)16-11-24-21(35-16)28-20(31)23-9-15-10-25-29(4)12-15/h8,10-12,14H,6-7,9,13H2,1-5H3,(H2,23,24,28,31)/t14-/m0/s1. The van der Waals surface area contributed by atoms with E-state index >= 15 is 0 Å². The quantitative estimate of drug-likeness (QED) is 0.466. The molecular formula is C22H30N8O4S2. The van der Waals surface area contributed by atoms with Gasteiger partial charge in [-0.1, -0.05) is 11.3 Å². The zero-order chi connectivity index (χ0) is 26.1. The molecule has 1 atom stereocenters. The molecule has 12 nitrogen and oxygen atoms in total. The minimum atomic E-state index is -3.47. The SMILES string of the molecule is C[C@H]1COCCN1c1cc(C(C)(C)S(C)(=O)=O)nc(-c2cnc(NC(=O)NCc3cnn(C)c3)s2)n1. The van der Waals surface area contributed by atoms with E-state index in [0.717, 1.165) is 5.56 Å². The minimum absolute atomic E-state index is 0.0675. The van der Waals surface area contributed by atoms with E-state index in [4.69, 9.17) is 9.72 Å². The van der Waals surface area contributed by atoms with Crippen LogP contribution in [0.3, 0.4) is 0 Å². The van der Waals surface area contributed by atoms with Crippen LogP contribution in [0.2, 0.25) is 0 Å². The molecule has 1 aliphatic rings. The van der Waals surface area contributed by atoms with Crippen LogP contribution in [0.4, 0.5) is 15.7 Å². The van der Waals surface area contributed by atoms with E-state index in [1.165, 1.54) is 17.6 Å². The van der Waals surface area contributed by atoms with Crippen LogP contribution in [0.5, 0.6) is 0 Å². The predicted molar refractivity (Wildman–Crippen MR) is 138 cm³/mol. The maximum Gasteiger partial charge on any atom is 0.321 e. The van der Waals surface area contributed by atoms with Gasteiger partial charge in [-0.2, -0.15) is 5.10 Å². The molecule has 3 aromatic heterocycles. The number of hydrogen-bond donors (Lipinski definition) is 2. The molecule has 0 bridgehead atoms. The Morgan fingerprint density at radius 1 is 1.31 bits per heavy atom. The number of urea groups is 1. The summed E-state index contributed by atoms with van der Waals surface area (Å²) in [6.45, 7) is 7.35. The molecular weight excluding hydrogens is 504 g/mol. The number of aryl methyl sites for hydroxylation is 1. The number of nitrogens with one attached hydrogen (secondary N) is 2. The normalized spacial score (nSPS) is 16.7. The minimum Gasteiger partial charge on any atom is -0.377 e. The molecule has 0 aromatic carbocycles. The Balaban J connectivity index is 1.60. The molecule has 0 unspecified atom stereocenters. The summed E-state index contributed by atoms with van der Waals surface area (Å²) in [4.78, 5) is 28.7. The first-order valence-electron chi connectivity index (χ1n) is 11.4. The number of sulfone groups is 1. The molecule has 2 N–H and O–H groups in total. The summed E-state index contributed by atoms with van der Waals surface area (Å²) in [5.74, 6) is 0.971. The van der Waals surface area contributed by atoms with Crippen molar-refractivity contribution in [2.75, 3.05) is 36.2 Å². The summed E-state index contributed by atoms with van der Waals surface area (Å²) in [6, 6.07) is 1.40. The van der Waals surface area contributed by atoms with Gasteiger partial charge in [0.25, 0.3) is 0 Å². The number of amides is 2. The fourth-order valence-corrected chi connectivity index (χ4v) is 4.81. The number of thiazole rings is 1. The lowest BCUT2D eigenvalue weighted by Crippen LogP contribution is -2.44. The lowest BCUT2D eigenvalue weighted by Gasteiger charge is -2.35. The van der Waals surface area contributed by atoms with Gasteiger partial charge in [0, 0.05) is 44.2 Å². The van der Waals surface area contributed by atoms with Gasteiger partial charge in [0.15, 0.2) is 20.8 Å². The van der Waals surface area contributed by atoms with Crippen LogP contribution >= 0.6 is 11.3 Å². The van der Waals surface area contributed by atoms with Gasteiger partial charge >= 0.3 is 6.03 Å². The van der Waals surface area contributed by atoms with Crippen molar-refractivity contribution in [1.82, 2.24) is 30.0 Å². The van der Waals surface area contributed by atoms with Gasteiger partial charge in [-0.05, 0) is 20.8 Å². The van der Waals surface area contributed by atoms with Crippen LogP contribution in [0.25, 0.3) is 10.7 Å². The molecule has 194 valence electrons. The molecule has 0 spiro atoms. The second-order valence-corrected chi connectivity index (χ2v) is 12.8. The molecule has 1 fully saturated rings. The van der Waals surface area contributed by atoms with Gasteiger partial charge in [0.2, 0.25) is 0 Å². The van der Waals surface area contributed by atoms with E-state index in [1.54, 1.807) is 44.0 Å². The fraction of sp³-hybridized carbons (Fsp3) is 0.500. The molecule has 2 amide bonds. The number of hydrogen-bond acceptors (Lipinski definition) is 10. The zero-order valence-electron chi connectivity index (χ0n) is 20.8. The van der Waals surface area contributed by atoms with E-state index in [2.05, 4.69) is 30.6 Å².